The fraction of sp³-hybridized carbons (Fsp3) is 0.294. The first kappa shape index (κ1) is 14.9. The summed E-state index contributed by atoms with van der Waals surface area (Å²) in [5.74, 6) is 0.880. The number of benzene rings is 2. The third-order valence-electron chi connectivity index (χ3n) is 3.14. The van der Waals surface area contributed by atoms with Crippen LogP contribution in [0, 0.1) is 6.92 Å². The summed E-state index contributed by atoms with van der Waals surface area (Å²) < 4.78 is 5.57. The van der Waals surface area contributed by atoms with Gasteiger partial charge < -0.3 is 10.5 Å². The summed E-state index contributed by atoms with van der Waals surface area (Å²) in [5.41, 5.74) is 9.50. The highest BCUT2D eigenvalue weighted by molar-refractivity contribution is 6.30. The Bertz CT molecular complexity index is 545. The molecule has 0 fully saturated rings. The summed E-state index contributed by atoms with van der Waals surface area (Å²) in [6.45, 7) is 4.84. The van der Waals surface area contributed by atoms with E-state index in [4.69, 9.17) is 22.1 Å². The van der Waals surface area contributed by atoms with Crippen LogP contribution in [0.4, 0.5) is 0 Å². The molecule has 0 aromatic heterocycles. The normalized spacial score (nSPS) is 12.2. The molecule has 2 aromatic carbocycles. The first-order valence-electron chi connectivity index (χ1n) is 6.85. The molecule has 2 aromatic rings. The lowest BCUT2D eigenvalue weighted by Gasteiger charge is -2.14. The lowest BCUT2D eigenvalue weighted by Crippen LogP contribution is -2.12. The molecule has 0 bridgehead atoms. The van der Waals surface area contributed by atoms with Gasteiger partial charge in [-0.1, -0.05) is 36.7 Å². The highest BCUT2D eigenvalue weighted by Gasteiger charge is 2.10. The fourth-order valence-electron chi connectivity index (χ4n) is 2.13. The van der Waals surface area contributed by atoms with Crippen molar-refractivity contribution in [1.29, 1.82) is 0 Å². The summed E-state index contributed by atoms with van der Waals surface area (Å²) in [6, 6.07) is 13.7. The van der Waals surface area contributed by atoms with Crippen LogP contribution in [0.15, 0.2) is 42.5 Å². The van der Waals surface area contributed by atoms with Crippen molar-refractivity contribution in [3.63, 3.8) is 0 Å². The minimum atomic E-state index is -0.173. The molecule has 2 N–H and O–H groups in total. The monoisotopic (exact) mass is 289 g/mol. The molecule has 20 heavy (non-hydrogen) atoms. The topological polar surface area (TPSA) is 35.2 Å². The Labute approximate surface area is 125 Å². The van der Waals surface area contributed by atoms with E-state index in [2.05, 4.69) is 13.0 Å². The molecule has 1 unspecified atom stereocenters. The van der Waals surface area contributed by atoms with E-state index in [1.807, 2.05) is 43.3 Å². The van der Waals surface area contributed by atoms with Crippen LogP contribution in [-0.4, -0.2) is 6.61 Å². The lowest BCUT2D eigenvalue weighted by molar-refractivity contribution is 0.317. The second-order valence-electron chi connectivity index (χ2n) is 4.96. The van der Waals surface area contributed by atoms with Gasteiger partial charge in [-0.3, -0.25) is 0 Å². The van der Waals surface area contributed by atoms with E-state index in [0.29, 0.717) is 0 Å². The van der Waals surface area contributed by atoms with E-state index in [-0.39, 0.29) is 6.04 Å². The Kier molecular flexibility index (Phi) is 5.05. The zero-order valence-corrected chi connectivity index (χ0v) is 12.7. The summed E-state index contributed by atoms with van der Waals surface area (Å²) in [7, 11) is 0. The van der Waals surface area contributed by atoms with Crippen LogP contribution in [0.25, 0.3) is 0 Å². The van der Waals surface area contributed by atoms with Crippen molar-refractivity contribution in [3.05, 3.63) is 64.2 Å². The number of hydrogen-bond acceptors (Lipinski definition) is 2. The van der Waals surface area contributed by atoms with Crippen LogP contribution in [0.3, 0.4) is 0 Å². The largest absolute Gasteiger partial charge is 0.494 e. The van der Waals surface area contributed by atoms with Gasteiger partial charge >= 0.3 is 0 Å². The van der Waals surface area contributed by atoms with Gasteiger partial charge in [-0.05, 0) is 54.3 Å². The van der Waals surface area contributed by atoms with Crippen LogP contribution in [0.1, 0.15) is 36.1 Å². The zero-order valence-electron chi connectivity index (χ0n) is 11.9. The van der Waals surface area contributed by atoms with Crippen molar-refractivity contribution in [1.82, 2.24) is 0 Å². The van der Waals surface area contributed by atoms with E-state index in [1.165, 1.54) is 0 Å². The SMILES string of the molecule is CCCOc1ccc(C(N)c2cc(C)cc(Cl)c2)cc1. The summed E-state index contributed by atoms with van der Waals surface area (Å²) in [4.78, 5) is 0. The third kappa shape index (κ3) is 3.75. The van der Waals surface area contributed by atoms with Crippen LogP contribution < -0.4 is 10.5 Å². The number of ether oxygens (including phenoxy) is 1. The van der Waals surface area contributed by atoms with Gasteiger partial charge in [-0.15, -0.1) is 0 Å². The molecule has 0 saturated carbocycles. The van der Waals surface area contributed by atoms with Crippen molar-refractivity contribution >= 4 is 11.6 Å². The van der Waals surface area contributed by atoms with Crippen molar-refractivity contribution in [2.75, 3.05) is 6.61 Å². The zero-order chi connectivity index (χ0) is 14.5. The molecule has 0 saturated heterocycles. The first-order valence-corrected chi connectivity index (χ1v) is 7.23. The maximum absolute atomic E-state index is 6.30. The van der Waals surface area contributed by atoms with Crippen molar-refractivity contribution < 1.29 is 4.74 Å². The predicted molar refractivity (Wildman–Crippen MR) is 84.4 cm³/mol. The molecule has 0 aliphatic carbocycles. The number of nitrogens with two attached hydrogens (primary N) is 1. The summed E-state index contributed by atoms with van der Waals surface area (Å²) in [6.07, 6.45) is 1.00. The van der Waals surface area contributed by atoms with Crippen molar-refractivity contribution in [2.24, 2.45) is 5.73 Å². The minimum absolute atomic E-state index is 0.173. The van der Waals surface area contributed by atoms with Crippen molar-refractivity contribution in [2.45, 2.75) is 26.3 Å². The highest BCUT2D eigenvalue weighted by Crippen LogP contribution is 2.25. The number of hydrogen-bond donors (Lipinski definition) is 1. The van der Waals surface area contributed by atoms with E-state index in [1.54, 1.807) is 0 Å². The fourth-order valence-corrected chi connectivity index (χ4v) is 2.43. The molecule has 2 rings (SSSR count). The quantitative estimate of drug-likeness (QED) is 0.880. The van der Waals surface area contributed by atoms with Crippen LogP contribution in [0.2, 0.25) is 5.02 Å². The third-order valence-corrected chi connectivity index (χ3v) is 3.35. The smallest absolute Gasteiger partial charge is 0.119 e. The van der Waals surface area contributed by atoms with Gasteiger partial charge in [-0.2, -0.15) is 0 Å². The van der Waals surface area contributed by atoms with Gasteiger partial charge in [0, 0.05) is 5.02 Å². The predicted octanol–water partition coefficient (Wildman–Crippen LogP) is 4.49. The molecule has 0 amide bonds. The van der Waals surface area contributed by atoms with Gasteiger partial charge in [0.05, 0.1) is 12.6 Å². The molecule has 0 heterocycles. The second kappa shape index (κ2) is 6.78. The van der Waals surface area contributed by atoms with Gasteiger partial charge in [0.25, 0.3) is 0 Å². The van der Waals surface area contributed by atoms with Crippen LogP contribution in [-0.2, 0) is 0 Å². The maximum atomic E-state index is 6.30. The van der Waals surface area contributed by atoms with Gasteiger partial charge in [0.1, 0.15) is 5.75 Å². The standard InChI is InChI=1S/C17H20ClNO/c1-3-8-20-16-6-4-13(5-7-16)17(19)14-9-12(2)10-15(18)11-14/h4-7,9-11,17H,3,8,19H2,1-2H3. The summed E-state index contributed by atoms with van der Waals surface area (Å²) >= 11 is 6.09. The lowest BCUT2D eigenvalue weighted by atomic mass is 9.98. The average Bonchev–Trinajstić information content (AvgIpc) is 2.44. The molecule has 0 aliphatic rings. The molecular formula is C17H20ClNO. The molecule has 0 aliphatic heterocycles. The van der Waals surface area contributed by atoms with Crippen molar-refractivity contribution in [3.8, 4) is 5.75 Å². The molecular weight excluding hydrogens is 270 g/mol. The molecule has 0 radical (unpaired) electrons. The van der Waals surface area contributed by atoms with Gasteiger partial charge in [-0.25, -0.2) is 0 Å². The molecule has 0 spiro atoms. The first-order chi connectivity index (χ1) is 9.60. The Morgan fingerprint density at radius 3 is 2.40 bits per heavy atom. The minimum Gasteiger partial charge on any atom is -0.494 e. The number of halogens is 1. The molecule has 3 heteroatoms. The Hall–Kier alpha value is -1.51. The maximum Gasteiger partial charge on any atom is 0.119 e. The van der Waals surface area contributed by atoms with Crippen LogP contribution >= 0.6 is 11.6 Å². The number of rotatable bonds is 5. The average molecular weight is 290 g/mol. The van der Waals surface area contributed by atoms with Gasteiger partial charge in [0.15, 0.2) is 0 Å². The van der Waals surface area contributed by atoms with Gasteiger partial charge in [0.2, 0.25) is 0 Å². The molecule has 1 atom stereocenters. The second-order valence-corrected chi connectivity index (χ2v) is 5.39. The van der Waals surface area contributed by atoms with E-state index >= 15 is 0 Å². The van der Waals surface area contributed by atoms with E-state index < -0.39 is 0 Å². The van der Waals surface area contributed by atoms with E-state index in [0.717, 1.165) is 40.5 Å². The molecule has 2 nitrogen and oxygen atoms in total. The Morgan fingerprint density at radius 1 is 1.10 bits per heavy atom. The summed E-state index contributed by atoms with van der Waals surface area (Å²) in [5, 5.41) is 0.721. The van der Waals surface area contributed by atoms with E-state index in [9.17, 15) is 0 Å². The Balaban J connectivity index is 2.17. The van der Waals surface area contributed by atoms with Crippen LogP contribution in [0.5, 0.6) is 5.75 Å². The Morgan fingerprint density at radius 2 is 1.80 bits per heavy atom. The highest BCUT2D eigenvalue weighted by atomic mass is 35.5. The molecule has 106 valence electrons. The number of aryl methyl sites for hydroxylation is 1.